The van der Waals surface area contributed by atoms with E-state index in [0.717, 1.165) is 12.1 Å². The highest BCUT2D eigenvalue weighted by atomic mass is 19.1. The second-order valence-electron chi connectivity index (χ2n) is 11.3. The van der Waals surface area contributed by atoms with Gasteiger partial charge in [-0.15, -0.1) is 0 Å². The molecule has 1 aliphatic heterocycles. The molecule has 1 aromatic heterocycles. The van der Waals surface area contributed by atoms with Crippen molar-refractivity contribution in [2.45, 2.75) is 52.7 Å². The van der Waals surface area contributed by atoms with Crippen LogP contribution >= 0.6 is 0 Å². The zero-order chi connectivity index (χ0) is 31.1. The smallest absolute Gasteiger partial charge is 0.411 e. The van der Waals surface area contributed by atoms with Crippen molar-refractivity contribution in [1.29, 1.82) is 0 Å². The molecule has 12 heteroatoms. The SMILES string of the molecule is CCOC(=O)Nc1cccc(Cn2nc(-c3cc(F)c(OCC4CCN(C(=O)OC(C)(C)C)CC4)c(F)c3)ccc2=O)c1. The van der Waals surface area contributed by atoms with E-state index in [1.54, 1.807) is 56.9 Å². The van der Waals surface area contributed by atoms with Gasteiger partial charge >= 0.3 is 12.2 Å². The van der Waals surface area contributed by atoms with E-state index >= 15 is 8.78 Å². The Hall–Kier alpha value is -4.48. The maximum atomic E-state index is 15.0. The van der Waals surface area contributed by atoms with E-state index in [-0.39, 0.29) is 43.0 Å². The van der Waals surface area contributed by atoms with Gasteiger partial charge in [-0.1, -0.05) is 12.1 Å². The fraction of sp³-hybridized carbons (Fsp3) is 0.419. The number of rotatable bonds is 8. The van der Waals surface area contributed by atoms with Crippen LogP contribution in [-0.2, 0) is 16.0 Å². The first-order valence-electron chi connectivity index (χ1n) is 14.1. The van der Waals surface area contributed by atoms with E-state index in [0.29, 0.717) is 37.2 Å². The molecule has 0 atom stereocenters. The largest absolute Gasteiger partial charge is 0.487 e. The van der Waals surface area contributed by atoms with Gasteiger partial charge in [0.1, 0.15) is 5.60 Å². The minimum atomic E-state index is -0.890. The number of aromatic nitrogens is 2. The molecule has 2 amide bonds. The van der Waals surface area contributed by atoms with Crippen LogP contribution in [0.5, 0.6) is 5.75 Å². The van der Waals surface area contributed by atoms with Gasteiger partial charge in [0.05, 0.1) is 25.5 Å². The summed E-state index contributed by atoms with van der Waals surface area (Å²) in [7, 11) is 0. The van der Waals surface area contributed by atoms with Crippen molar-refractivity contribution in [3.8, 4) is 17.0 Å². The number of hydrogen-bond acceptors (Lipinski definition) is 7. The van der Waals surface area contributed by atoms with E-state index in [4.69, 9.17) is 14.2 Å². The molecule has 2 aromatic carbocycles. The molecule has 4 rings (SSSR count). The Balaban J connectivity index is 1.40. The molecule has 1 aliphatic rings. The second-order valence-corrected chi connectivity index (χ2v) is 11.3. The summed E-state index contributed by atoms with van der Waals surface area (Å²) in [5.74, 6) is -2.25. The molecular formula is C31H36F2N4O6. The van der Waals surface area contributed by atoms with Gasteiger partial charge in [0.2, 0.25) is 0 Å². The zero-order valence-corrected chi connectivity index (χ0v) is 24.7. The quantitative estimate of drug-likeness (QED) is 0.347. The Labute approximate surface area is 248 Å². The summed E-state index contributed by atoms with van der Waals surface area (Å²) in [6.45, 7) is 8.44. The molecule has 2 heterocycles. The summed E-state index contributed by atoms with van der Waals surface area (Å²) in [5.41, 5.74) is 0.485. The Kier molecular flexibility index (Phi) is 9.99. The van der Waals surface area contributed by atoms with Crippen molar-refractivity contribution in [2.75, 3.05) is 31.6 Å². The molecule has 0 spiro atoms. The molecule has 1 saturated heterocycles. The highest BCUT2D eigenvalue weighted by Gasteiger charge is 2.27. The van der Waals surface area contributed by atoms with Crippen molar-refractivity contribution in [1.82, 2.24) is 14.7 Å². The molecule has 0 saturated carbocycles. The molecule has 0 radical (unpaired) electrons. The lowest BCUT2D eigenvalue weighted by Gasteiger charge is -2.33. The van der Waals surface area contributed by atoms with Crippen LogP contribution in [0.25, 0.3) is 11.3 Å². The Morgan fingerprint density at radius 2 is 1.74 bits per heavy atom. The van der Waals surface area contributed by atoms with Gasteiger partial charge in [0.15, 0.2) is 17.4 Å². The molecule has 43 heavy (non-hydrogen) atoms. The summed E-state index contributed by atoms with van der Waals surface area (Å²) in [4.78, 5) is 38.1. The van der Waals surface area contributed by atoms with Gasteiger partial charge in [-0.2, -0.15) is 5.10 Å². The van der Waals surface area contributed by atoms with E-state index in [2.05, 4.69) is 10.4 Å². The number of amides is 2. The number of piperidine rings is 1. The molecule has 0 bridgehead atoms. The fourth-order valence-electron chi connectivity index (χ4n) is 4.58. The van der Waals surface area contributed by atoms with Crippen LogP contribution in [0.4, 0.5) is 24.1 Å². The van der Waals surface area contributed by atoms with E-state index in [1.807, 2.05) is 0 Å². The van der Waals surface area contributed by atoms with Crippen molar-refractivity contribution < 1.29 is 32.6 Å². The van der Waals surface area contributed by atoms with E-state index in [1.165, 1.54) is 16.8 Å². The minimum absolute atomic E-state index is 0.0216. The van der Waals surface area contributed by atoms with Crippen LogP contribution in [-0.4, -0.2) is 58.8 Å². The molecular weight excluding hydrogens is 562 g/mol. The number of nitrogens with zero attached hydrogens (tertiary/aromatic N) is 3. The summed E-state index contributed by atoms with van der Waals surface area (Å²) < 4.78 is 47.1. The average Bonchev–Trinajstić information content (AvgIpc) is 2.93. The number of nitrogens with one attached hydrogen (secondary N) is 1. The molecule has 0 aliphatic carbocycles. The number of carbonyl (C=O) groups is 2. The van der Waals surface area contributed by atoms with Crippen LogP contribution in [0.3, 0.4) is 0 Å². The third kappa shape index (κ3) is 8.76. The lowest BCUT2D eigenvalue weighted by Crippen LogP contribution is -2.42. The van der Waals surface area contributed by atoms with Gasteiger partial charge in [0.25, 0.3) is 5.56 Å². The molecule has 3 aromatic rings. The van der Waals surface area contributed by atoms with Crippen LogP contribution < -0.4 is 15.6 Å². The number of anilines is 1. The van der Waals surface area contributed by atoms with Crippen LogP contribution in [0.2, 0.25) is 0 Å². The maximum absolute atomic E-state index is 15.0. The van der Waals surface area contributed by atoms with Gasteiger partial charge in [-0.25, -0.2) is 23.1 Å². The van der Waals surface area contributed by atoms with Crippen molar-refractivity contribution >= 4 is 17.9 Å². The third-order valence-corrected chi connectivity index (χ3v) is 6.67. The minimum Gasteiger partial charge on any atom is -0.487 e. The van der Waals surface area contributed by atoms with Crippen molar-refractivity contribution in [3.05, 3.63) is 76.1 Å². The van der Waals surface area contributed by atoms with E-state index in [9.17, 15) is 14.4 Å². The van der Waals surface area contributed by atoms with Crippen LogP contribution in [0.1, 0.15) is 46.1 Å². The monoisotopic (exact) mass is 598 g/mol. The van der Waals surface area contributed by atoms with Crippen LogP contribution in [0.15, 0.2) is 53.3 Å². The summed E-state index contributed by atoms with van der Waals surface area (Å²) >= 11 is 0. The Morgan fingerprint density at radius 3 is 2.40 bits per heavy atom. The fourth-order valence-corrected chi connectivity index (χ4v) is 4.58. The molecule has 1 N–H and O–H groups in total. The van der Waals surface area contributed by atoms with Crippen molar-refractivity contribution in [3.63, 3.8) is 0 Å². The second kappa shape index (κ2) is 13.7. The topological polar surface area (TPSA) is 112 Å². The number of likely N-dealkylation sites (tertiary alicyclic amines) is 1. The predicted molar refractivity (Wildman–Crippen MR) is 156 cm³/mol. The lowest BCUT2D eigenvalue weighted by molar-refractivity contribution is 0.0163. The first-order chi connectivity index (χ1) is 20.4. The third-order valence-electron chi connectivity index (χ3n) is 6.67. The van der Waals surface area contributed by atoms with Gasteiger partial charge < -0.3 is 19.1 Å². The normalized spacial score (nSPS) is 13.9. The highest BCUT2D eigenvalue weighted by molar-refractivity contribution is 5.84. The number of hydrogen-bond donors (Lipinski definition) is 1. The molecule has 230 valence electrons. The van der Waals surface area contributed by atoms with Gasteiger partial charge in [-0.3, -0.25) is 10.1 Å². The predicted octanol–water partition coefficient (Wildman–Crippen LogP) is 5.83. The summed E-state index contributed by atoms with van der Waals surface area (Å²) in [5, 5.41) is 6.91. The molecule has 0 unspecified atom stereocenters. The Bertz CT molecular complexity index is 1490. The number of benzene rings is 2. The number of ether oxygens (including phenoxy) is 3. The van der Waals surface area contributed by atoms with E-state index < -0.39 is 34.6 Å². The average molecular weight is 599 g/mol. The lowest BCUT2D eigenvalue weighted by atomic mass is 9.98. The Morgan fingerprint density at radius 1 is 1.05 bits per heavy atom. The highest BCUT2D eigenvalue weighted by Crippen LogP contribution is 2.29. The summed E-state index contributed by atoms with van der Waals surface area (Å²) in [6, 6.07) is 11.7. The summed E-state index contributed by atoms with van der Waals surface area (Å²) in [6.07, 6.45) is 0.262. The first kappa shape index (κ1) is 31.5. The standard InChI is InChI=1S/C31H36F2N4O6/c1-5-41-29(39)34-23-8-6-7-21(15-23)18-37-27(38)10-9-26(35-37)22-16-24(32)28(25(33)17-22)42-19-20-11-13-36(14-12-20)30(40)43-31(2,3)4/h6-10,15-17,20H,5,11-14,18-19H2,1-4H3,(H,34,39). The molecule has 1 fully saturated rings. The molecule has 10 nitrogen and oxygen atoms in total. The zero-order valence-electron chi connectivity index (χ0n) is 24.7. The van der Waals surface area contributed by atoms with Gasteiger partial charge in [-0.05, 0) is 82.3 Å². The maximum Gasteiger partial charge on any atom is 0.411 e. The van der Waals surface area contributed by atoms with Crippen LogP contribution in [0, 0.1) is 17.6 Å². The van der Waals surface area contributed by atoms with Crippen molar-refractivity contribution in [2.24, 2.45) is 5.92 Å². The van der Waals surface area contributed by atoms with Gasteiger partial charge in [0, 0.05) is 30.4 Å². The number of carbonyl (C=O) groups excluding carboxylic acids is 2. The number of halogens is 2. The first-order valence-corrected chi connectivity index (χ1v) is 14.1.